The molecule has 0 atom stereocenters. The predicted molar refractivity (Wildman–Crippen MR) is 106 cm³/mol. The molecule has 4 heteroatoms. The number of para-hydroxylation sites is 2. The number of fused-ring (bicyclic) bond motifs is 1. The normalized spacial score (nSPS) is 15.4. The lowest BCUT2D eigenvalue weighted by Crippen LogP contribution is -2.30. The van der Waals surface area contributed by atoms with E-state index in [1.165, 1.54) is 43.4 Å². The molecule has 1 fully saturated rings. The first kappa shape index (κ1) is 17.1. The quantitative estimate of drug-likeness (QED) is 0.660. The van der Waals surface area contributed by atoms with E-state index in [1.807, 2.05) is 12.1 Å². The summed E-state index contributed by atoms with van der Waals surface area (Å²) in [5, 5.41) is 0. The Bertz CT molecular complexity index is 847. The number of aryl methyl sites for hydroxylation is 1. The maximum Gasteiger partial charge on any atom is 0.124 e. The monoisotopic (exact) mass is 349 g/mol. The molecule has 136 valence electrons. The van der Waals surface area contributed by atoms with Gasteiger partial charge in [0.1, 0.15) is 18.2 Å². The van der Waals surface area contributed by atoms with E-state index in [0.717, 1.165) is 30.2 Å². The van der Waals surface area contributed by atoms with Crippen LogP contribution >= 0.6 is 0 Å². The summed E-state index contributed by atoms with van der Waals surface area (Å²) in [7, 11) is 0. The van der Waals surface area contributed by atoms with Crippen LogP contribution in [-0.4, -0.2) is 34.1 Å². The molecule has 0 N–H and O–H groups in total. The zero-order valence-electron chi connectivity index (χ0n) is 15.5. The fourth-order valence-electron chi connectivity index (χ4n) is 3.70. The highest BCUT2D eigenvalue weighted by atomic mass is 16.5. The Hall–Kier alpha value is -2.33. The minimum atomic E-state index is 0.649. The summed E-state index contributed by atoms with van der Waals surface area (Å²) >= 11 is 0. The summed E-state index contributed by atoms with van der Waals surface area (Å²) in [5.74, 6) is 2.08. The van der Waals surface area contributed by atoms with Crippen LogP contribution < -0.4 is 4.74 Å². The minimum Gasteiger partial charge on any atom is -0.492 e. The van der Waals surface area contributed by atoms with Crippen molar-refractivity contribution in [1.29, 1.82) is 0 Å². The first-order chi connectivity index (χ1) is 12.8. The van der Waals surface area contributed by atoms with Gasteiger partial charge in [-0.3, -0.25) is 4.90 Å². The second-order valence-corrected chi connectivity index (χ2v) is 7.17. The van der Waals surface area contributed by atoms with E-state index < -0.39 is 0 Å². The lowest BCUT2D eigenvalue weighted by Gasteiger charge is -2.26. The minimum absolute atomic E-state index is 0.649. The van der Waals surface area contributed by atoms with Crippen molar-refractivity contribution >= 4 is 11.0 Å². The Morgan fingerprint density at radius 2 is 1.73 bits per heavy atom. The average molecular weight is 349 g/mol. The van der Waals surface area contributed by atoms with Gasteiger partial charge in [-0.25, -0.2) is 4.98 Å². The maximum atomic E-state index is 5.97. The topological polar surface area (TPSA) is 30.3 Å². The summed E-state index contributed by atoms with van der Waals surface area (Å²) in [5.41, 5.74) is 3.53. The van der Waals surface area contributed by atoms with E-state index >= 15 is 0 Å². The molecular formula is C22H27N3O. The van der Waals surface area contributed by atoms with E-state index in [2.05, 4.69) is 52.8 Å². The molecule has 0 unspecified atom stereocenters. The summed E-state index contributed by atoms with van der Waals surface area (Å²) in [6, 6.07) is 16.7. The molecule has 4 rings (SSSR count). The van der Waals surface area contributed by atoms with Gasteiger partial charge in [0.05, 0.1) is 24.1 Å². The van der Waals surface area contributed by atoms with Crippen molar-refractivity contribution in [3.05, 3.63) is 59.9 Å². The number of piperidine rings is 1. The van der Waals surface area contributed by atoms with Gasteiger partial charge in [-0.05, 0) is 57.1 Å². The van der Waals surface area contributed by atoms with Crippen molar-refractivity contribution in [2.75, 3.05) is 19.7 Å². The zero-order valence-corrected chi connectivity index (χ0v) is 15.5. The molecule has 26 heavy (non-hydrogen) atoms. The van der Waals surface area contributed by atoms with Crippen molar-refractivity contribution in [2.24, 2.45) is 0 Å². The van der Waals surface area contributed by atoms with Crippen molar-refractivity contribution in [2.45, 2.75) is 39.3 Å². The third-order valence-corrected chi connectivity index (χ3v) is 5.15. The molecule has 1 aromatic heterocycles. The summed E-state index contributed by atoms with van der Waals surface area (Å²) in [6.07, 6.45) is 3.96. The molecule has 0 spiro atoms. The van der Waals surface area contributed by atoms with Gasteiger partial charge in [0.2, 0.25) is 0 Å². The van der Waals surface area contributed by atoms with Crippen LogP contribution in [0, 0.1) is 6.92 Å². The van der Waals surface area contributed by atoms with Crippen molar-refractivity contribution in [1.82, 2.24) is 14.5 Å². The maximum absolute atomic E-state index is 5.97. The highest BCUT2D eigenvalue weighted by Crippen LogP contribution is 2.20. The number of ether oxygens (including phenoxy) is 1. The lowest BCUT2D eigenvalue weighted by molar-refractivity contribution is 0.211. The van der Waals surface area contributed by atoms with E-state index in [9.17, 15) is 0 Å². The number of hydrogen-bond donors (Lipinski definition) is 0. The fourth-order valence-corrected chi connectivity index (χ4v) is 3.70. The number of aromatic nitrogens is 2. The van der Waals surface area contributed by atoms with Gasteiger partial charge in [0.15, 0.2) is 0 Å². The van der Waals surface area contributed by atoms with Gasteiger partial charge in [0.25, 0.3) is 0 Å². The Morgan fingerprint density at radius 1 is 0.962 bits per heavy atom. The molecule has 4 nitrogen and oxygen atoms in total. The molecule has 1 aliphatic heterocycles. The Morgan fingerprint density at radius 3 is 2.54 bits per heavy atom. The van der Waals surface area contributed by atoms with E-state index in [1.54, 1.807) is 0 Å². The van der Waals surface area contributed by atoms with Crippen LogP contribution in [-0.2, 0) is 13.1 Å². The van der Waals surface area contributed by atoms with E-state index in [0.29, 0.717) is 6.61 Å². The Labute approximate surface area is 155 Å². The van der Waals surface area contributed by atoms with Crippen LogP contribution in [0.2, 0.25) is 0 Å². The standard InChI is InChI=1S/C22H27N3O/c1-18-9-11-19(12-10-18)26-16-15-25-21-8-4-3-7-20(21)23-22(25)17-24-13-5-2-6-14-24/h3-4,7-12H,2,5-6,13-17H2,1H3. The molecule has 0 saturated carbocycles. The first-order valence-electron chi connectivity index (χ1n) is 9.65. The van der Waals surface area contributed by atoms with Crippen LogP contribution in [0.15, 0.2) is 48.5 Å². The van der Waals surface area contributed by atoms with Gasteiger partial charge in [0, 0.05) is 0 Å². The highest BCUT2D eigenvalue weighted by Gasteiger charge is 2.16. The van der Waals surface area contributed by atoms with Gasteiger partial charge < -0.3 is 9.30 Å². The molecule has 0 aliphatic carbocycles. The predicted octanol–water partition coefficient (Wildman–Crippen LogP) is 4.41. The van der Waals surface area contributed by atoms with Crippen LogP contribution in [0.3, 0.4) is 0 Å². The van der Waals surface area contributed by atoms with E-state index in [4.69, 9.17) is 9.72 Å². The third-order valence-electron chi connectivity index (χ3n) is 5.15. The van der Waals surface area contributed by atoms with Gasteiger partial charge >= 0.3 is 0 Å². The van der Waals surface area contributed by atoms with Crippen molar-refractivity contribution in [3.8, 4) is 5.75 Å². The molecule has 0 radical (unpaired) electrons. The van der Waals surface area contributed by atoms with E-state index in [-0.39, 0.29) is 0 Å². The lowest BCUT2D eigenvalue weighted by atomic mass is 10.1. The molecule has 2 heterocycles. The Kier molecular flexibility index (Phi) is 5.21. The Balaban J connectivity index is 1.50. The fraction of sp³-hybridized carbons (Fsp3) is 0.409. The van der Waals surface area contributed by atoms with Gasteiger partial charge in [-0.15, -0.1) is 0 Å². The van der Waals surface area contributed by atoms with Crippen LogP contribution in [0.25, 0.3) is 11.0 Å². The van der Waals surface area contributed by atoms with Crippen molar-refractivity contribution < 1.29 is 4.74 Å². The molecule has 2 aromatic carbocycles. The largest absolute Gasteiger partial charge is 0.492 e. The number of hydrogen-bond acceptors (Lipinski definition) is 3. The second kappa shape index (κ2) is 7.92. The molecule has 0 amide bonds. The number of rotatable bonds is 6. The molecule has 0 bridgehead atoms. The van der Waals surface area contributed by atoms with Crippen LogP contribution in [0.1, 0.15) is 30.7 Å². The third kappa shape index (κ3) is 3.91. The first-order valence-corrected chi connectivity index (χ1v) is 9.65. The smallest absolute Gasteiger partial charge is 0.124 e. The zero-order chi connectivity index (χ0) is 17.8. The van der Waals surface area contributed by atoms with Crippen molar-refractivity contribution in [3.63, 3.8) is 0 Å². The molecule has 3 aromatic rings. The number of likely N-dealkylation sites (tertiary alicyclic amines) is 1. The number of imidazole rings is 1. The van der Waals surface area contributed by atoms with Gasteiger partial charge in [-0.2, -0.15) is 0 Å². The molecular weight excluding hydrogens is 322 g/mol. The summed E-state index contributed by atoms with van der Waals surface area (Å²) < 4.78 is 8.30. The molecule has 1 aliphatic rings. The second-order valence-electron chi connectivity index (χ2n) is 7.17. The summed E-state index contributed by atoms with van der Waals surface area (Å²) in [6.45, 7) is 6.85. The highest BCUT2D eigenvalue weighted by molar-refractivity contribution is 5.75. The SMILES string of the molecule is Cc1ccc(OCCn2c(CN3CCCCC3)nc3ccccc32)cc1. The number of nitrogens with zero attached hydrogens (tertiary/aromatic N) is 3. The summed E-state index contributed by atoms with van der Waals surface area (Å²) in [4.78, 5) is 7.44. The van der Waals surface area contributed by atoms with Crippen LogP contribution in [0.4, 0.5) is 0 Å². The number of benzene rings is 2. The molecule has 1 saturated heterocycles. The van der Waals surface area contributed by atoms with Crippen LogP contribution in [0.5, 0.6) is 5.75 Å². The van der Waals surface area contributed by atoms with Gasteiger partial charge in [-0.1, -0.05) is 36.2 Å². The average Bonchev–Trinajstić information content (AvgIpc) is 3.01.